The molecular formula is C15H22F2N2O2. The van der Waals surface area contributed by atoms with Crippen molar-refractivity contribution in [1.82, 2.24) is 5.32 Å². The van der Waals surface area contributed by atoms with Crippen LogP contribution in [0, 0.1) is 5.41 Å². The van der Waals surface area contributed by atoms with Gasteiger partial charge in [0.05, 0.1) is 6.04 Å². The number of halogens is 2. The first kappa shape index (κ1) is 17.4. The fourth-order valence-electron chi connectivity index (χ4n) is 1.67. The Morgan fingerprint density at radius 3 is 2.33 bits per heavy atom. The van der Waals surface area contributed by atoms with Crippen LogP contribution in [-0.4, -0.2) is 25.1 Å². The van der Waals surface area contributed by atoms with Crippen LogP contribution in [0.4, 0.5) is 8.78 Å². The van der Waals surface area contributed by atoms with Crippen LogP contribution in [0.25, 0.3) is 0 Å². The van der Waals surface area contributed by atoms with Crippen molar-refractivity contribution in [2.45, 2.75) is 39.8 Å². The van der Waals surface area contributed by atoms with E-state index in [0.29, 0.717) is 13.0 Å². The van der Waals surface area contributed by atoms with Gasteiger partial charge in [-0.25, -0.2) is 0 Å². The molecule has 0 unspecified atom stereocenters. The van der Waals surface area contributed by atoms with Gasteiger partial charge in [-0.2, -0.15) is 8.78 Å². The third-order valence-corrected chi connectivity index (χ3v) is 3.08. The van der Waals surface area contributed by atoms with Gasteiger partial charge in [0.2, 0.25) is 5.91 Å². The Labute approximate surface area is 123 Å². The lowest BCUT2D eigenvalue weighted by Gasteiger charge is -2.25. The highest BCUT2D eigenvalue weighted by atomic mass is 19.3. The molecule has 0 bridgehead atoms. The number of amides is 1. The predicted molar refractivity (Wildman–Crippen MR) is 77.2 cm³/mol. The average Bonchev–Trinajstić information content (AvgIpc) is 2.38. The van der Waals surface area contributed by atoms with Crippen molar-refractivity contribution in [3.63, 3.8) is 0 Å². The zero-order chi connectivity index (χ0) is 16.0. The molecule has 0 fully saturated rings. The molecule has 4 nitrogen and oxygen atoms in total. The Kier molecular flexibility index (Phi) is 6.08. The van der Waals surface area contributed by atoms with Crippen LogP contribution >= 0.6 is 0 Å². The summed E-state index contributed by atoms with van der Waals surface area (Å²) in [6, 6.07) is 5.76. The summed E-state index contributed by atoms with van der Waals surface area (Å²) >= 11 is 0. The van der Waals surface area contributed by atoms with Crippen LogP contribution in [0.2, 0.25) is 0 Å². The minimum Gasteiger partial charge on any atom is -0.435 e. The quantitative estimate of drug-likeness (QED) is 0.847. The number of carbonyl (C=O) groups is 1. The smallest absolute Gasteiger partial charge is 0.387 e. The van der Waals surface area contributed by atoms with Gasteiger partial charge in [-0.3, -0.25) is 4.79 Å². The molecule has 0 aliphatic carbocycles. The van der Waals surface area contributed by atoms with Gasteiger partial charge in [0.1, 0.15) is 5.75 Å². The first-order valence-corrected chi connectivity index (χ1v) is 6.77. The Morgan fingerprint density at radius 1 is 1.29 bits per heavy atom. The van der Waals surface area contributed by atoms with E-state index in [2.05, 4.69) is 10.1 Å². The van der Waals surface area contributed by atoms with Gasteiger partial charge in [-0.15, -0.1) is 0 Å². The maximum absolute atomic E-state index is 12.0. The van der Waals surface area contributed by atoms with Crippen LogP contribution in [0.1, 0.15) is 26.3 Å². The fourth-order valence-corrected chi connectivity index (χ4v) is 1.67. The van der Waals surface area contributed by atoms with Crippen molar-refractivity contribution < 1.29 is 18.3 Å². The molecule has 0 aliphatic rings. The number of rotatable bonds is 6. The lowest BCUT2D eigenvalue weighted by Crippen LogP contribution is -2.48. The highest BCUT2D eigenvalue weighted by molar-refractivity contribution is 5.82. The van der Waals surface area contributed by atoms with E-state index in [1.54, 1.807) is 12.1 Å². The molecule has 1 aromatic rings. The topological polar surface area (TPSA) is 64.4 Å². The summed E-state index contributed by atoms with van der Waals surface area (Å²) in [5, 5.41) is 2.77. The molecule has 21 heavy (non-hydrogen) atoms. The highest BCUT2D eigenvalue weighted by Crippen LogP contribution is 2.17. The van der Waals surface area contributed by atoms with Crippen molar-refractivity contribution >= 4 is 5.91 Å². The molecule has 0 radical (unpaired) electrons. The van der Waals surface area contributed by atoms with E-state index in [1.165, 1.54) is 12.1 Å². The second-order valence-electron chi connectivity index (χ2n) is 5.91. The van der Waals surface area contributed by atoms with Gasteiger partial charge in [-0.05, 0) is 29.5 Å². The number of ether oxygens (including phenoxy) is 1. The Hall–Kier alpha value is -1.69. The van der Waals surface area contributed by atoms with Crippen molar-refractivity contribution in [3.05, 3.63) is 29.8 Å². The highest BCUT2D eigenvalue weighted by Gasteiger charge is 2.26. The van der Waals surface area contributed by atoms with Gasteiger partial charge < -0.3 is 15.8 Å². The van der Waals surface area contributed by atoms with E-state index in [0.717, 1.165) is 5.56 Å². The molecule has 1 aromatic carbocycles. The van der Waals surface area contributed by atoms with Crippen LogP contribution in [0.3, 0.4) is 0 Å². The minimum absolute atomic E-state index is 0.118. The van der Waals surface area contributed by atoms with Crippen molar-refractivity contribution in [2.24, 2.45) is 11.1 Å². The van der Waals surface area contributed by atoms with E-state index in [1.807, 2.05) is 20.8 Å². The average molecular weight is 300 g/mol. The minimum atomic E-state index is -2.82. The molecule has 0 aromatic heterocycles. The van der Waals surface area contributed by atoms with Crippen LogP contribution in [0.5, 0.6) is 5.75 Å². The zero-order valence-corrected chi connectivity index (χ0v) is 12.5. The van der Waals surface area contributed by atoms with Crippen LogP contribution in [0.15, 0.2) is 24.3 Å². The lowest BCUT2D eigenvalue weighted by atomic mass is 9.87. The van der Waals surface area contributed by atoms with Crippen molar-refractivity contribution in [3.8, 4) is 5.75 Å². The standard InChI is InChI=1S/C15H22F2N2O2/c1-15(2,3)12(18)13(20)19-9-8-10-4-6-11(7-5-10)21-14(16)17/h4-7,12,14H,8-9,18H2,1-3H3,(H,19,20)/t12-/m0/s1. The Balaban J connectivity index is 2.41. The summed E-state index contributed by atoms with van der Waals surface area (Å²) in [5.74, 6) is -0.0762. The number of hydrogen-bond acceptors (Lipinski definition) is 3. The summed E-state index contributed by atoms with van der Waals surface area (Å²) < 4.78 is 28.3. The van der Waals surface area contributed by atoms with Crippen molar-refractivity contribution in [2.75, 3.05) is 6.54 Å². The molecule has 0 saturated heterocycles. The van der Waals surface area contributed by atoms with E-state index >= 15 is 0 Å². The number of alkyl halides is 2. The first-order valence-electron chi connectivity index (χ1n) is 6.77. The lowest BCUT2D eigenvalue weighted by molar-refractivity contribution is -0.124. The third-order valence-electron chi connectivity index (χ3n) is 3.08. The van der Waals surface area contributed by atoms with Crippen molar-refractivity contribution in [1.29, 1.82) is 0 Å². The van der Waals surface area contributed by atoms with Gasteiger partial charge >= 0.3 is 6.61 Å². The fraction of sp³-hybridized carbons (Fsp3) is 0.533. The second kappa shape index (κ2) is 7.36. The maximum Gasteiger partial charge on any atom is 0.387 e. The third kappa shape index (κ3) is 6.08. The normalized spacial score (nSPS) is 13.1. The molecule has 0 heterocycles. The first-order chi connectivity index (χ1) is 9.70. The molecule has 118 valence electrons. The molecular weight excluding hydrogens is 278 g/mol. The number of nitrogens with one attached hydrogen (secondary N) is 1. The number of nitrogens with two attached hydrogens (primary N) is 1. The van der Waals surface area contributed by atoms with Gasteiger partial charge in [0.15, 0.2) is 0 Å². The predicted octanol–water partition coefficient (Wildman–Crippen LogP) is 2.32. The van der Waals surface area contributed by atoms with E-state index in [9.17, 15) is 13.6 Å². The molecule has 0 aliphatic heterocycles. The van der Waals surface area contributed by atoms with Gasteiger partial charge in [0, 0.05) is 6.54 Å². The largest absolute Gasteiger partial charge is 0.435 e. The van der Waals surface area contributed by atoms with Crippen LogP contribution in [-0.2, 0) is 11.2 Å². The zero-order valence-electron chi connectivity index (χ0n) is 12.5. The summed E-state index contributed by atoms with van der Waals surface area (Å²) in [4.78, 5) is 11.8. The van der Waals surface area contributed by atoms with Gasteiger partial charge in [-0.1, -0.05) is 32.9 Å². The molecule has 3 N–H and O–H groups in total. The molecule has 1 rings (SSSR count). The summed E-state index contributed by atoms with van der Waals surface area (Å²) in [6.07, 6.45) is 0.595. The Bertz CT molecular complexity index is 456. The number of carbonyl (C=O) groups excluding carboxylic acids is 1. The summed E-state index contributed by atoms with van der Waals surface area (Å²) in [7, 11) is 0. The summed E-state index contributed by atoms with van der Waals surface area (Å²) in [5.41, 5.74) is 6.46. The number of benzene rings is 1. The second-order valence-corrected chi connectivity index (χ2v) is 5.91. The molecule has 0 spiro atoms. The van der Waals surface area contributed by atoms with E-state index in [-0.39, 0.29) is 17.1 Å². The van der Waals surface area contributed by atoms with E-state index < -0.39 is 12.7 Å². The molecule has 1 atom stereocenters. The summed E-state index contributed by atoms with van der Waals surface area (Å²) in [6.45, 7) is 3.32. The molecule has 0 saturated carbocycles. The monoisotopic (exact) mass is 300 g/mol. The number of hydrogen-bond donors (Lipinski definition) is 2. The Morgan fingerprint density at radius 2 is 1.86 bits per heavy atom. The molecule has 6 heteroatoms. The van der Waals surface area contributed by atoms with Gasteiger partial charge in [0.25, 0.3) is 0 Å². The maximum atomic E-state index is 12.0. The van der Waals surface area contributed by atoms with E-state index in [4.69, 9.17) is 5.73 Å². The van der Waals surface area contributed by atoms with Crippen LogP contribution < -0.4 is 15.8 Å². The molecule has 1 amide bonds. The SMILES string of the molecule is CC(C)(C)[C@@H](N)C(=O)NCCc1ccc(OC(F)F)cc1.